The monoisotopic (exact) mass is 234 g/mol. The lowest BCUT2D eigenvalue weighted by atomic mass is 10.1. The van der Waals surface area contributed by atoms with Crippen LogP contribution in [0.4, 0.5) is 0 Å². The van der Waals surface area contributed by atoms with Gasteiger partial charge < -0.3 is 26.4 Å². The molecule has 6 heteroatoms. The number of carbonyl (C=O) groups is 1. The zero-order valence-electron chi connectivity index (χ0n) is 9.48. The molecule has 1 heterocycles. The van der Waals surface area contributed by atoms with E-state index >= 15 is 0 Å². The van der Waals surface area contributed by atoms with Crippen molar-refractivity contribution in [3.8, 4) is 0 Å². The topological polar surface area (TPSA) is 116 Å². The van der Waals surface area contributed by atoms with E-state index in [9.17, 15) is 4.79 Å². The van der Waals surface area contributed by atoms with Crippen LogP contribution in [0.25, 0.3) is 0 Å². The van der Waals surface area contributed by atoms with Gasteiger partial charge in [0.05, 0.1) is 25.4 Å². The van der Waals surface area contributed by atoms with Gasteiger partial charge in [0.25, 0.3) is 0 Å². The molecule has 0 aromatic carbocycles. The van der Waals surface area contributed by atoms with Gasteiger partial charge in [-0.2, -0.15) is 0 Å². The van der Waals surface area contributed by atoms with Crippen molar-refractivity contribution < 1.29 is 20.1 Å². The first-order chi connectivity index (χ1) is 7.58. The van der Waals surface area contributed by atoms with E-state index in [-0.39, 0.29) is 5.91 Å². The van der Waals surface area contributed by atoms with Gasteiger partial charge in [-0.3, -0.25) is 4.79 Å². The van der Waals surface area contributed by atoms with Gasteiger partial charge in [-0.05, 0) is 12.8 Å². The molecule has 0 aromatic heterocycles. The molecule has 0 radical (unpaired) electrons. The van der Waals surface area contributed by atoms with Crippen LogP contribution in [0.1, 0.15) is 25.7 Å². The largest absolute Gasteiger partial charge is 0.394 e. The van der Waals surface area contributed by atoms with Crippen LogP contribution < -0.4 is 11.1 Å². The van der Waals surface area contributed by atoms with E-state index in [1.165, 1.54) is 6.42 Å². The highest BCUT2D eigenvalue weighted by Crippen LogP contribution is 2.02. The first kappa shape index (κ1) is 15.3. The lowest BCUT2D eigenvalue weighted by molar-refractivity contribution is -0.120. The summed E-state index contributed by atoms with van der Waals surface area (Å²) < 4.78 is 0. The van der Waals surface area contributed by atoms with Crippen molar-refractivity contribution in [2.24, 2.45) is 5.73 Å². The van der Waals surface area contributed by atoms with Crippen LogP contribution >= 0.6 is 0 Å². The molecule has 1 amide bonds. The number of aliphatic hydroxyl groups excluding tert-OH is 3. The molecule has 16 heavy (non-hydrogen) atoms. The van der Waals surface area contributed by atoms with Crippen LogP contribution in [0.2, 0.25) is 0 Å². The Morgan fingerprint density at radius 1 is 1.12 bits per heavy atom. The molecule has 6 nitrogen and oxygen atoms in total. The normalized spacial score (nSPS) is 16.9. The van der Waals surface area contributed by atoms with Crippen LogP contribution in [-0.4, -0.2) is 53.1 Å². The van der Waals surface area contributed by atoms with Gasteiger partial charge in [-0.15, -0.1) is 0 Å². The molecule has 6 N–H and O–H groups in total. The summed E-state index contributed by atoms with van der Waals surface area (Å²) in [6.07, 6.45) is 4.18. The Balaban J connectivity index is 0.000000281. The number of nitrogens with one attached hydrogen (secondary N) is 1. The molecular weight excluding hydrogens is 212 g/mol. The van der Waals surface area contributed by atoms with Crippen LogP contribution in [0.5, 0.6) is 0 Å². The van der Waals surface area contributed by atoms with Crippen molar-refractivity contribution in [2.75, 3.05) is 26.4 Å². The van der Waals surface area contributed by atoms with Crippen molar-refractivity contribution in [3.63, 3.8) is 0 Å². The molecule has 0 saturated carbocycles. The SMILES string of the molecule is NC(CO)(CO)CO.O=C1CCCCCN1. The van der Waals surface area contributed by atoms with E-state index in [0.29, 0.717) is 0 Å². The first-order valence-corrected chi connectivity index (χ1v) is 5.46. The number of amides is 1. The maximum Gasteiger partial charge on any atom is 0.219 e. The van der Waals surface area contributed by atoms with Crippen molar-refractivity contribution in [3.05, 3.63) is 0 Å². The summed E-state index contributed by atoms with van der Waals surface area (Å²) >= 11 is 0. The van der Waals surface area contributed by atoms with E-state index < -0.39 is 25.4 Å². The minimum Gasteiger partial charge on any atom is -0.394 e. The van der Waals surface area contributed by atoms with E-state index in [4.69, 9.17) is 21.1 Å². The third-order valence-electron chi connectivity index (χ3n) is 2.35. The molecule has 1 aliphatic heterocycles. The number of carbonyl (C=O) groups excluding carboxylic acids is 1. The molecule has 1 rings (SSSR count). The minimum absolute atomic E-state index is 0.225. The number of nitrogens with two attached hydrogens (primary N) is 1. The predicted molar refractivity (Wildman–Crippen MR) is 59.7 cm³/mol. The third kappa shape index (κ3) is 6.73. The van der Waals surface area contributed by atoms with Crippen LogP contribution in [-0.2, 0) is 4.79 Å². The fourth-order valence-corrected chi connectivity index (χ4v) is 1.05. The summed E-state index contributed by atoms with van der Waals surface area (Å²) in [5.74, 6) is 0.225. The molecule has 96 valence electrons. The van der Waals surface area contributed by atoms with Gasteiger partial charge in [0.1, 0.15) is 0 Å². The Morgan fingerprint density at radius 3 is 2.12 bits per heavy atom. The molecule has 0 atom stereocenters. The lowest BCUT2D eigenvalue weighted by Gasteiger charge is -2.20. The molecule has 1 fully saturated rings. The Kier molecular flexibility index (Phi) is 8.10. The molecule has 1 saturated heterocycles. The number of hydrogen-bond donors (Lipinski definition) is 5. The van der Waals surface area contributed by atoms with Gasteiger partial charge in [-0.25, -0.2) is 0 Å². The van der Waals surface area contributed by atoms with E-state index in [2.05, 4.69) is 5.32 Å². The van der Waals surface area contributed by atoms with Crippen LogP contribution in [0.15, 0.2) is 0 Å². The Hall–Kier alpha value is -0.690. The van der Waals surface area contributed by atoms with Gasteiger partial charge in [0.15, 0.2) is 0 Å². The minimum atomic E-state index is -1.21. The maximum absolute atomic E-state index is 10.6. The molecule has 0 aromatic rings. The van der Waals surface area contributed by atoms with E-state index in [1.807, 2.05) is 0 Å². The second-order valence-corrected chi connectivity index (χ2v) is 4.00. The van der Waals surface area contributed by atoms with Gasteiger partial charge >= 0.3 is 0 Å². The second-order valence-electron chi connectivity index (χ2n) is 4.00. The van der Waals surface area contributed by atoms with Gasteiger partial charge in [-0.1, -0.05) is 6.42 Å². The number of aliphatic hydroxyl groups is 3. The molecule has 0 aliphatic carbocycles. The average Bonchev–Trinajstić information content (AvgIpc) is 2.57. The van der Waals surface area contributed by atoms with Crippen molar-refractivity contribution in [1.29, 1.82) is 0 Å². The Bertz CT molecular complexity index is 177. The first-order valence-electron chi connectivity index (χ1n) is 5.46. The molecule has 0 bridgehead atoms. The Morgan fingerprint density at radius 2 is 1.69 bits per heavy atom. The standard InChI is InChI=1S/C6H11NO.C4H11NO3/c8-6-4-2-1-3-5-7-6;5-4(1-6,2-7)3-8/h1-5H2,(H,7,8);6-8H,1-3,5H2. The van der Waals surface area contributed by atoms with Crippen molar-refractivity contribution in [1.82, 2.24) is 5.32 Å². The second kappa shape index (κ2) is 8.46. The number of rotatable bonds is 3. The van der Waals surface area contributed by atoms with Gasteiger partial charge in [0.2, 0.25) is 5.91 Å². The predicted octanol–water partition coefficient (Wildman–Crippen LogP) is -1.66. The molecular formula is C10H22N2O4. The highest BCUT2D eigenvalue weighted by atomic mass is 16.3. The summed E-state index contributed by atoms with van der Waals surface area (Å²) in [7, 11) is 0. The smallest absolute Gasteiger partial charge is 0.219 e. The number of hydrogen-bond acceptors (Lipinski definition) is 5. The summed E-state index contributed by atoms with van der Waals surface area (Å²) in [4.78, 5) is 10.6. The summed E-state index contributed by atoms with van der Waals surface area (Å²) in [5, 5.41) is 27.8. The summed E-state index contributed by atoms with van der Waals surface area (Å²) in [5.41, 5.74) is 3.94. The molecule has 1 aliphatic rings. The van der Waals surface area contributed by atoms with Crippen molar-refractivity contribution in [2.45, 2.75) is 31.2 Å². The Labute approximate surface area is 95.5 Å². The van der Waals surface area contributed by atoms with Crippen molar-refractivity contribution >= 4 is 5.91 Å². The van der Waals surface area contributed by atoms with Gasteiger partial charge in [0, 0.05) is 13.0 Å². The van der Waals surface area contributed by atoms with Crippen LogP contribution in [0, 0.1) is 0 Å². The zero-order valence-corrected chi connectivity index (χ0v) is 9.48. The average molecular weight is 234 g/mol. The van der Waals surface area contributed by atoms with E-state index in [1.54, 1.807) is 0 Å². The lowest BCUT2D eigenvalue weighted by Crippen LogP contribution is -2.50. The van der Waals surface area contributed by atoms with Crippen LogP contribution in [0.3, 0.4) is 0 Å². The zero-order chi connectivity index (χ0) is 12.4. The fraction of sp³-hybridized carbons (Fsp3) is 0.900. The van der Waals surface area contributed by atoms with E-state index in [0.717, 1.165) is 25.8 Å². The molecule has 0 unspecified atom stereocenters. The molecule has 0 spiro atoms. The third-order valence-corrected chi connectivity index (χ3v) is 2.35. The quantitative estimate of drug-likeness (QED) is 0.401. The maximum atomic E-state index is 10.6. The fourth-order valence-electron chi connectivity index (χ4n) is 1.05. The summed E-state index contributed by atoms with van der Waals surface area (Å²) in [6.45, 7) is -0.321. The highest BCUT2D eigenvalue weighted by Gasteiger charge is 2.20. The summed E-state index contributed by atoms with van der Waals surface area (Å²) in [6, 6.07) is 0. The highest BCUT2D eigenvalue weighted by molar-refractivity contribution is 5.75.